The van der Waals surface area contributed by atoms with E-state index in [0.29, 0.717) is 38.4 Å². The maximum atomic E-state index is 12.5. The van der Waals surface area contributed by atoms with Gasteiger partial charge in [0.2, 0.25) is 5.91 Å². The number of nitrogens with one attached hydrogen (secondary N) is 2. The fourth-order valence-corrected chi connectivity index (χ4v) is 4.74. The zero-order valence-corrected chi connectivity index (χ0v) is 13.1. The van der Waals surface area contributed by atoms with Crippen molar-refractivity contribution in [3.05, 3.63) is 0 Å². The average Bonchev–Trinajstić information content (AvgIpc) is 2.45. The van der Waals surface area contributed by atoms with Crippen molar-refractivity contribution >= 4 is 15.7 Å². The van der Waals surface area contributed by atoms with Crippen molar-refractivity contribution in [2.24, 2.45) is 5.92 Å². The average molecular weight is 302 g/mol. The number of hydrogen-bond donors (Lipinski definition) is 2. The SMILES string of the molecule is CS(=O)(=O)C1(C(=O)NCC2CCCCC2)CCNCC1. The molecule has 116 valence electrons. The van der Waals surface area contributed by atoms with E-state index in [2.05, 4.69) is 10.6 Å². The number of sulfone groups is 1. The lowest BCUT2D eigenvalue weighted by atomic mass is 9.89. The van der Waals surface area contributed by atoms with E-state index in [0.717, 1.165) is 12.8 Å². The van der Waals surface area contributed by atoms with E-state index in [9.17, 15) is 13.2 Å². The van der Waals surface area contributed by atoms with Crippen LogP contribution >= 0.6 is 0 Å². The summed E-state index contributed by atoms with van der Waals surface area (Å²) in [5.74, 6) is 0.234. The van der Waals surface area contributed by atoms with Crippen molar-refractivity contribution in [2.45, 2.75) is 49.7 Å². The smallest absolute Gasteiger partial charge is 0.241 e. The van der Waals surface area contributed by atoms with Gasteiger partial charge in [-0.05, 0) is 44.7 Å². The monoisotopic (exact) mass is 302 g/mol. The lowest BCUT2D eigenvalue weighted by molar-refractivity contribution is -0.124. The minimum absolute atomic E-state index is 0.285. The summed E-state index contributed by atoms with van der Waals surface area (Å²) in [7, 11) is -3.39. The van der Waals surface area contributed by atoms with E-state index in [1.165, 1.54) is 25.5 Å². The van der Waals surface area contributed by atoms with Crippen molar-refractivity contribution < 1.29 is 13.2 Å². The largest absolute Gasteiger partial charge is 0.354 e. The molecule has 0 spiro atoms. The van der Waals surface area contributed by atoms with Gasteiger partial charge in [-0.25, -0.2) is 8.42 Å². The molecule has 0 unspecified atom stereocenters. The van der Waals surface area contributed by atoms with Gasteiger partial charge in [-0.3, -0.25) is 4.79 Å². The summed E-state index contributed by atoms with van der Waals surface area (Å²) >= 11 is 0. The van der Waals surface area contributed by atoms with Crippen LogP contribution in [0, 0.1) is 5.92 Å². The molecular weight excluding hydrogens is 276 g/mol. The summed E-state index contributed by atoms with van der Waals surface area (Å²) in [6.07, 6.45) is 7.97. The minimum atomic E-state index is -3.39. The lowest BCUT2D eigenvalue weighted by Gasteiger charge is -2.35. The van der Waals surface area contributed by atoms with Crippen molar-refractivity contribution in [2.75, 3.05) is 25.9 Å². The highest BCUT2D eigenvalue weighted by molar-refractivity contribution is 7.92. The van der Waals surface area contributed by atoms with Crippen LogP contribution < -0.4 is 10.6 Å². The van der Waals surface area contributed by atoms with Gasteiger partial charge in [-0.15, -0.1) is 0 Å². The van der Waals surface area contributed by atoms with Crippen LogP contribution in [0.15, 0.2) is 0 Å². The standard InChI is InChI=1S/C14H26N2O3S/c1-20(18,19)14(7-9-15-10-8-14)13(17)16-11-12-5-3-2-4-6-12/h12,15H,2-11H2,1H3,(H,16,17). The Bertz CT molecular complexity index is 435. The molecule has 0 aromatic heterocycles. The molecule has 20 heavy (non-hydrogen) atoms. The summed E-state index contributed by atoms with van der Waals surface area (Å²) < 4.78 is 23.0. The molecule has 1 aliphatic carbocycles. The van der Waals surface area contributed by atoms with Gasteiger partial charge in [-0.1, -0.05) is 19.3 Å². The van der Waals surface area contributed by atoms with Gasteiger partial charge >= 0.3 is 0 Å². The van der Waals surface area contributed by atoms with E-state index in [-0.39, 0.29) is 5.91 Å². The summed E-state index contributed by atoms with van der Waals surface area (Å²) in [6.45, 7) is 1.80. The number of piperidine rings is 1. The Hall–Kier alpha value is -0.620. The number of carbonyl (C=O) groups excluding carboxylic acids is 1. The Balaban J connectivity index is 2.00. The highest BCUT2D eigenvalue weighted by atomic mass is 32.2. The first-order valence-corrected chi connectivity index (χ1v) is 9.53. The normalized spacial score (nSPS) is 24.2. The van der Waals surface area contributed by atoms with Crippen LogP contribution in [0.1, 0.15) is 44.9 Å². The Morgan fingerprint density at radius 1 is 1.20 bits per heavy atom. The lowest BCUT2D eigenvalue weighted by Crippen LogP contribution is -2.57. The molecule has 2 fully saturated rings. The zero-order valence-electron chi connectivity index (χ0n) is 12.3. The first-order valence-electron chi connectivity index (χ1n) is 7.64. The second kappa shape index (κ2) is 6.43. The van der Waals surface area contributed by atoms with Gasteiger partial charge in [0.1, 0.15) is 0 Å². The van der Waals surface area contributed by atoms with Crippen LogP contribution in [-0.4, -0.2) is 45.0 Å². The molecule has 0 atom stereocenters. The van der Waals surface area contributed by atoms with Gasteiger partial charge in [0, 0.05) is 12.8 Å². The van der Waals surface area contributed by atoms with E-state index in [1.54, 1.807) is 0 Å². The van der Waals surface area contributed by atoms with Crippen molar-refractivity contribution in [3.8, 4) is 0 Å². The molecule has 1 heterocycles. The third-order valence-corrected chi connectivity index (χ3v) is 6.82. The van der Waals surface area contributed by atoms with Crippen LogP contribution in [0.2, 0.25) is 0 Å². The highest BCUT2D eigenvalue weighted by Gasteiger charge is 2.48. The molecule has 1 saturated carbocycles. The molecule has 0 aromatic carbocycles. The third kappa shape index (κ3) is 3.34. The molecular formula is C14H26N2O3S. The zero-order chi connectivity index (χ0) is 14.6. The predicted octanol–water partition coefficient (Wildman–Crippen LogP) is 0.850. The maximum absolute atomic E-state index is 12.5. The molecule has 2 rings (SSSR count). The molecule has 0 radical (unpaired) electrons. The molecule has 0 aromatic rings. The first kappa shape index (κ1) is 15.8. The van der Waals surface area contributed by atoms with Crippen LogP contribution in [0.3, 0.4) is 0 Å². The number of carbonyl (C=O) groups is 1. The van der Waals surface area contributed by atoms with Crippen LogP contribution in [0.25, 0.3) is 0 Å². The fraction of sp³-hybridized carbons (Fsp3) is 0.929. The van der Waals surface area contributed by atoms with E-state index < -0.39 is 14.6 Å². The van der Waals surface area contributed by atoms with E-state index in [1.807, 2.05) is 0 Å². The maximum Gasteiger partial charge on any atom is 0.241 e. The summed E-state index contributed by atoms with van der Waals surface area (Å²) in [6, 6.07) is 0. The van der Waals surface area contributed by atoms with Gasteiger partial charge in [0.25, 0.3) is 0 Å². The molecule has 2 aliphatic rings. The Morgan fingerprint density at radius 2 is 1.80 bits per heavy atom. The fourth-order valence-electron chi connectivity index (χ4n) is 3.39. The Labute approximate surface area is 121 Å². The first-order chi connectivity index (χ1) is 9.46. The van der Waals surface area contributed by atoms with Crippen molar-refractivity contribution in [1.82, 2.24) is 10.6 Å². The molecule has 6 heteroatoms. The van der Waals surface area contributed by atoms with Crippen molar-refractivity contribution in [1.29, 1.82) is 0 Å². The number of rotatable bonds is 4. The van der Waals surface area contributed by atoms with Gasteiger partial charge in [0.15, 0.2) is 14.6 Å². The molecule has 1 saturated heterocycles. The number of amides is 1. The van der Waals surface area contributed by atoms with E-state index >= 15 is 0 Å². The van der Waals surface area contributed by atoms with Crippen LogP contribution in [0.4, 0.5) is 0 Å². The summed E-state index contributed by atoms with van der Waals surface area (Å²) in [5.41, 5.74) is 0. The van der Waals surface area contributed by atoms with Gasteiger partial charge in [0.05, 0.1) is 0 Å². The van der Waals surface area contributed by atoms with Crippen LogP contribution in [0.5, 0.6) is 0 Å². The topological polar surface area (TPSA) is 75.3 Å². The minimum Gasteiger partial charge on any atom is -0.354 e. The molecule has 2 N–H and O–H groups in total. The van der Waals surface area contributed by atoms with Crippen LogP contribution in [-0.2, 0) is 14.6 Å². The quantitative estimate of drug-likeness (QED) is 0.807. The Morgan fingerprint density at radius 3 is 2.35 bits per heavy atom. The number of hydrogen-bond acceptors (Lipinski definition) is 4. The summed E-state index contributed by atoms with van der Waals surface area (Å²) in [5, 5.41) is 6.05. The highest BCUT2D eigenvalue weighted by Crippen LogP contribution is 2.28. The van der Waals surface area contributed by atoms with Gasteiger partial charge < -0.3 is 10.6 Å². The molecule has 1 aliphatic heterocycles. The Kier molecular flexibility index (Phi) is 5.07. The van der Waals surface area contributed by atoms with Gasteiger partial charge in [-0.2, -0.15) is 0 Å². The molecule has 0 bridgehead atoms. The molecule has 1 amide bonds. The second-order valence-electron chi connectivity index (χ2n) is 6.23. The predicted molar refractivity (Wildman–Crippen MR) is 79.3 cm³/mol. The van der Waals surface area contributed by atoms with E-state index in [4.69, 9.17) is 0 Å². The van der Waals surface area contributed by atoms with Crippen molar-refractivity contribution in [3.63, 3.8) is 0 Å². The second-order valence-corrected chi connectivity index (χ2v) is 8.56. The third-order valence-electron chi connectivity index (χ3n) is 4.81. The molecule has 5 nitrogen and oxygen atoms in total. The summed E-state index contributed by atoms with van der Waals surface area (Å²) in [4.78, 5) is 12.5.